The molecule has 0 heterocycles. The first-order valence-electron chi connectivity index (χ1n) is 4.85. The van der Waals surface area contributed by atoms with Crippen LogP contribution in [0.2, 0.25) is 0 Å². The number of hydrogen-bond donors (Lipinski definition) is 0. The van der Waals surface area contributed by atoms with Crippen LogP contribution < -0.4 is 0 Å². The van der Waals surface area contributed by atoms with E-state index in [1.807, 2.05) is 6.07 Å². The average molecular weight is 203 g/mol. The van der Waals surface area contributed by atoms with Crippen LogP contribution in [-0.2, 0) is 4.74 Å². The van der Waals surface area contributed by atoms with E-state index in [1.54, 1.807) is 32.0 Å². The summed E-state index contributed by atoms with van der Waals surface area (Å²) < 4.78 is 4.87. The first-order valence-corrected chi connectivity index (χ1v) is 4.85. The molecule has 0 aromatic heterocycles. The van der Waals surface area contributed by atoms with Gasteiger partial charge in [-0.05, 0) is 31.5 Å². The molecule has 3 nitrogen and oxygen atoms in total. The Balaban J connectivity index is 2.93. The molecule has 0 aliphatic carbocycles. The van der Waals surface area contributed by atoms with Gasteiger partial charge in [-0.25, -0.2) is 4.79 Å². The first kappa shape index (κ1) is 11.3. The van der Waals surface area contributed by atoms with Gasteiger partial charge >= 0.3 is 5.97 Å². The van der Waals surface area contributed by atoms with Crippen LogP contribution in [0.1, 0.15) is 35.7 Å². The zero-order valence-electron chi connectivity index (χ0n) is 8.86. The highest BCUT2D eigenvalue weighted by molar-refractivity contribution is 5.89. The van der Waals surface area contributed by atoms with Crippen LogP contribution in [0.3, 0.4) is 0 Å². The molecule has 0 saturated carbocycles. The van der Waals surface area contributed by atoms with Crippen molar-refractivity contribution in [3.63, 3.8) is 0 Å². The molecule has 0 unspecified atom stereocenters. The fourth-order valence-electron chi connectivity index (χ4n) is 1.22. The van der Waals surface area contributed by atoms with Crippen LogP contribution in [-0.4, -0.2) is 12.6 Å². The lowest BCUT2D eigenvalue weighted by molar-refractivity contribution is 0.0526. The van der Waals surface area contributed by atoms with Gasteiger partial charge in [0.15, 0.2) is 0 Å². The topological polar surface area (TPSA) is 50.1 Å². The standard InChI is InChI=1S/C12H13NO2/c1-3-15-12(14)11-6-4-5-10(7-11)9(2)8-13/h4-7,9H,3H2,1-2H3/t9-/m1/s1. The number of carbonyl (C=O) groups is 1. The van der Waals surface area contributed by atoms with Gasteiger partial charge in [0.2, 0.25) is 0 Å². The molecule has 0 fully saturated rings. The molecule has 0 aliphatic rings. The van der Waals surface area contributed by atoms with Gasteiger partial charge in [-0.1, -0.05) is 12.1 Å². The minimum atomic E-state index is -0.343. The van der Waals surface area contributed by atoms with Gasteiger partial charge in [-0.3, -0.25) is 0 Å². The Labute approximate surface area is 89.3 Å². The Morgan fingerprint density at radius 3 is 2.93 bits per heavy atom. The molecule has 1 rings (SSSR count). The number of esters is 1. The molecule has 1 atom stereocenters. The van der Waals surface area contributed by atoms with E-state index in [0.717, 1.165) is 5.56 Å². The minimum absolute atomic E-state index is 0.209. The van der Waals surface area contributed by atoms with Gasteiger partial charge < -0.3 is 4.74 Å². The number of hydrogen-bond acceptors (Lipinski definition) is 3. The molecule has 0 bridgehead atoms. The molecule has 0 spiro atoms. The van der Waals surface area contributed by atoms with Gasteiger partial charge in [0.1, 0.15) is 0 Å². The number of nitrogens with zero attached hydrogens (tertiary/aromatic N) is 1. The Bertz CT molecular complexity index is 393. The third kappa shape index (κ3) is 2.81. The third-order valence-corrected chi connectivity index (χ3v) is 2.09. The van der Waals surface area contributed by atoms with E-state index in [0.29, 0.717) is 12.2 Å². The number of ether oxygens (including phenoxy) is 1. The SMILES string of the molecule is CCOC(=O)c1cccc([C@H](C)C#N)c1. The van der Waals surface area contributed by atoms with Crippen molar-refractivity contribution in [2.75, 3.05) is 6.61 Å². The minimum Gasteiger partial charge on any atom is -0.462 e. The molecular formula is C12H13NO2. The molecular weight excluding hydrogens is 190 g/mol. The summed E-state index contributed by atoms with van der Waals surface area (Å²) in [5.74, 6) is -0.552. The van der Waals surface area contributed by atoms with Crippen molar-refractivity contribution < 1.29 is 9.53 Å². The summed E-state index contributed by atoms with van der Waals surface area (Å²) in [4.78, 5) is 11.4. The quantitative estimate of drug-likeness (QED) is 0.709. The second-order valence-corrected chi connectivity index (χ2v) is 3.20. The van der Waals surface area contributed by atoms with Crippen molar-refractivity contribution in [1.29, 1.82) is 5.26 Å². The van der Waals surface area contributed by atoms with Crippen molar-refractivity contribution in [3.8, 4) is 6.07 Å². The van der Waals surface area contributed by atoms with Crippen LogP contribution in [0, 0.1) is 11.3 Å². The molecule has 0 aliphatic heterocycles. The number of carbonyl (C=O) groups excluding carboxylic acids is 1. The van der Waals surface area contributed by atoms with Gasteiger partial charge in [0, 0.05) is 0 Å². The normalized spacial score (nSPS) is 11.5. The van der Waals surface area contributed by atoms with Crippen molar-refractivity contribution in [1.82, 2.24) is 0 Å². The van der Waals surface area contributed by atoms with E-state index in [1.165, 1.54) is 0 Å². The van der Waals surface area contributed by atoms with Crippen LogP contribution >= 0.6 is 0 Å². The van der Waals surface area contributed by atoms with Crippen LogP contribution in [0.15, 0.2) is 24.3 Å². The number of nitriles is 1. The van der Waals surface area contributed by atoms with Crippen LogP contribution in [0.5, 0.6) is 0 Å². The zero-order valence-corrected chi connectivity index (χ0v) is 8.86. The lowest BCUT2D eigenvalue weighted by atomic mass is 10.0. The molecule has 0 amide bonds. The summed E-state index contributed by atoms with van der Waals surface area (Å²) in [5.41, 5.74) is 1.33. The summed E-state index contributed by atoms with van der Waals surface area (Å²) in [7, 11) is 0. The van der Waals surface area contributed by atoms with E-state index in [2.05, 4.69) is 6.07 Å². The molecule has 78 valence electrons. The Morgan fingerprint density at radius 2 is 2.33 bits per heavy atom. The zero-order chi connectivity index (χ0) is 11.3. The number of rotatable bonds is 3. The van der Waals surface area contributed by atoms with E-state index in [-0.39, 0.29) is 11.9 Å². The maximum atomic E-state index is 11.4. The second kappa shape index (κ2) is 5.16. The van der Waals surface area contributed by atoms with Crippen molar-refractivity contribution in [3.05, 3.63) is 35.4 Å². The van der Waals surface area contributed by atoms with Crippen molar-refractivity contribution in [2.45, 2.75) is 19.8 Å². The highest BCUT2D eigenvalue weighted by Crippen LogP contribution is 2.16. The monoisotopic (exact) mass is 203 g/mol. The Morgan fingerprint density at radius 1 is 1.60 bits per heavy atom. The second-order valence-electron chi connectivity index (χ2n) is 3.20. The number of benzene rings is 1. The van der Waals surface area contributed by atoms with Crippen molar-refractivity contribution >= 4 is 5.97 Å². The largest absolute Gasteiger partial charge is 0.462 e. The summed E-state index contributed by atoms with van der Waals surface area (Å²) in [5, 5.41) is 8.75. The van der Waals surface area contributed by atoms with E-state index < -0.39 is 0 Å². The fourth-order valence-corrected chi connectivity index (χ4v) is 1.22. The van der Waals surface area contributed by atoms with Gasteiger partial charge in [0.05, 0.1) is 24.2 Å². The highest BCUT2D eigenvalue weighted by Gasteiger charge is 2.09. The van der Waals surface area contributed by atoms with Crippen molar-refractivity contribution in [2.24, 2.45) is 0 Å². The predicted molar refractivity (Wildman–Crippen MR) is 56.4 cm³/mol. The van der Waals surface area contributed by atoms with Gasteiger partial charge in [-0.15, -0.1) is 0 Å². The van der Waals surface area contributed by atoms with Gasteiger partial charge in [-0.2, -0.15) is 5.26 Å². The molecule has 3 heteroatoms. The smallest absolute Gasteiger partial charge is 0.338 e. The predicted octanol–water partition coefficient (Wildman–Crippen LogP) is 2.49. The summed E-state index contributed by atoms with van der Waals surface area (Å²) in [6.45, 7) is 3.92. The molecule has 0 radical (unpaired) electrons. The molecule has 0 N–H and O–H groups in total. The average Bonchev–Trinajstić information content (AvgIpc) is 2.28. The van der Waals surface area contributed by atoms with Gasteiger partial charge in [0.25, 0.3) is 0 Å². The van der Waals surface area contributed by atoms with Crippen LogP contribution in [0.25, 0.3) is 0 Å². The molecule has 1 aromatic carbocycles. The lowest BCUT2D eigenvalue weighted by Gasteiger charge is -2.05. The summed E-state index contributed by atoms with van der Waals surface area (Å²) >= 11 is 0. The Hall–Kier alpha value is -1.82. The van der Waals surface area contributed by atoms with E-state index in [9.17, 15) is 4.79 Å². The molecule has 0 saturated heterocycles. The third-order valence-electron chi connectivity index (χ3n) is 2.09. The maximum absolute atomic E-state index is 11.4. The molecule has 15 heavy (non-hydrogen) atoms. The Kier molecular flexibility index (Phi) is 3.87. The summed E-state index contributed by atoms with van der Waals surface area (Å²) in [6, 6.07) is 9.10. The first-order chi connectivity index (χ1) is 7.19. The van der Waals surface area contributed by atoms with Crippen LogP contribution in [0.4, 0.5) is 0 Å². The maximum Gasteiger partial charge on any atom is 0.338 e. The fraction of sp³-hybridized carbons (Fsp3) is 0.333. The van der Waals surface area contributed by atoms with E-state index >= 15 is 0 Å². The highest BCUT2D eigenvalue weighted by atomic mass is 16.5. The van der Waals surface area contributed by atoms with E-state index in [4.69, 9.17) is 10.00 Å². The summed E-state index contributed by atoms with van der Waals surface area (Å²) in [6.07, 6.45) is 0. The molecule has 1 aromatic rings. The lowest BCUT2D eigenvalue weighted by Crippen LogP contribution is -2.05.